The van der Waals surface area contributed by atoms with E-state index in [1.807, 2.05) is 0 Å². The molecule has 0 aliphatic heterocycles. The molecular weight excluding hydrogens is 1200 g/mol. The molecule has 0 N–H and O–H groups in total. The smallest absolute Gasteiger partial charge is 0.0465 e. The number of para-hydroxylation sites is 3. The summed E-state index contributed by atoms with van der Waals surface area (Å²) in [7, 11) is 0. The number of nitrogens with zero attached hydrogens (tertiary/aromatic N) is 3. The molecule has 0 saturated carbocycles. The molecule has 0 fully saturated rings. The molecule has 13 aromatic rings. The summed E-state index contributed by atoms with van der Waals surface area (Å²) < 4.78 is 0. The molecule has 0 atom stereocenters. The molecule has 0 spiro atoms. The molecule has 3 nitrogen and oxygen atoms in total. The molecule has 13 aromatic carbocycles. The number of hydrogen-bond donors (Lipinski definition) is 0. The van der Waals surface area contributed by atoms with E-state index < -0.39 is 16.2 Å². The summed E-state index contributed by atoms with van der Waals surface area (Å²) in [5.41, 5.74) is 41.3. The highest BCUT2D eigenvalue weighted by molar-refractivity contribution is 6.06. The van der Waals surface area contributed by atoms with Gasteiger partial charge in [-0.1, -0.05) is 247 Å². The lowest BCUT2D eigenvalue weighted by atomic mass is 9.71. The van der Waals surface area contributed by atoms with Crippen molar-refractivity contribution in [2.45, 2.75) is 116 Å². The van der Waals surface area contributed by atoms with Crippen LogP contribution < -0.4 is 14.7 Å². The van der Waals surface area contributed by atoms with Gasteiger partial charge in [0.15, 0.2) is 0 Å². The fourth-order valence-electron chi connectivity index (χ4n) is 19.6. The van der Waals surface area contributed by atoms with Crippen molar-refractivity contribution in [2.24, 2.45) is 0 Å². The van der Waals surface area contributed by atoms with Crippen LogP contribution in [0.5, 0.6) is 0 Å². The topological polar surface area (TPSA) is 9.72 Å². The van der Waals surface area contributed by atoms with Gasteiger partial charge in [0.05, 0.1) is 0 Å². The summed E-state index contributed by atoms with van der Waals surface area (Å²) in [6, 6.07) is 104. The molecule has 0 unspecified atom stereocenters. The van der Waals surface area contributed by atoms with Gasteiger partial charge in [-0.05, 0) is 243 Å². The van der Waals surface area contributed by atoms with Crippen LogP contribution in [0.2, 0.25) is 0 Å². The van der Waals surface area contributed by atoms with Crippen LogP contribution in [0, 0.1) is 0 Å². The second kappa shape index (κ2) is 20.4. The second-order valence-electron chi connectivity index (χ2n) is 32.0. The van der Waals surface area contributed by atoms with Gasteiger partial charge in [-0.3, -0.25) is 0 Å². The highest BCUT2D eigenvalue weighted by Gasteiger charge is 2.53. The molecule has 6 aliphatic carbocycles. The maximum atomic E-state index is 2.56. The van der Waals surface area contributed by atoms with Crippen LogP contribution in [0.15, 0.2) is 273 Å². The van der Waals surface area contributed by atoms with Crippen LogP contribution in [-0.4, -0.2) is 0 Å². The summed E-state index contributed by atoms with van der Waals surface area (Å²) >= 11 is 0. The first kappa shape index (κ1) is 59.5. The molecule has 480 valence electrons. The van der Waals surface area contributed by atoms with E-state index in [9.17, 15) is 0 Å². The van der Waals surface area contributed by atoms with Crippen LogP contribution in [0.4, 0.5) is 51.2 Å². The Balaban J connectivity index is 0.820. The molecular formula is C96H81N3. The Morgan fingerprint density at radius 3 is 0.596 bits per heavy atom. The number of hydrogen-bond acceptors (Lipinski definition) is 3. The van der Waals surface area contributed by atoms with Gasteiger partial charge >= 0.3 is 0 Å². The van der Waals surface area contributed by atoms with Gasteiger partial charge in [-0.25, -0.2) is 0 Å². The summed E-state index contributed by atoms with van der Waals surface area (Å²) in [5.74, 6) is 0. The maximum Gasteiger partial charge on any atom is 0.0465 e. The fraction of sp³-hybridized carbons (Fsp3) is 0.188. The molecule has 6 aliphatic rings. The van der Waals surface area contributed by atoms with E-state index in [0.29, 0.717) is 0 Å². The van der Waals surface area contributed by atoms with Crippen LogP contribution >= 0.6 is 0 Å². The number of rotatable bonds is 9. The number of anilines is 9. The lowest BCUT2D eigenvalue weighted by molar-refractivity contribution is 0.636. The minimum absolute atomic E-state index is 0.153. The van der Waals surface area contributed by atoms with Crippen LogP contribution in [0.3, 0.4) is 0 Å². The zero-order chi connectivity index (χ0) is 67.6. The molecule has 0 aromatic heterocycles. The Hall–Kier alpha value is -10.7. The van der Waals surface area contributed by atoms with Gasteiger partial charge in [0.25, 0.3) is 0 Å². The van der Waals surface area contributed by atoms with E-state index in [1.165, 1.54) is 134 Å². The van der Waals surface area contributed by atoms with Crippen molar-refractivity contribution in [3.63, 3.8) is 0 Å². The van der Waals surface area contributed by atoms with Crippen LogP contribution in [0.25, 0.3) is 66.8 Å². The SMILES string of the molecule is CC1(C)c2ccccc2-c2ccc(N(c3ccccc3)c3ccc4c(c3)C(C)(C)c3c-4c4c(c5c3-c3ccc(N(c6ccccc6)c6ccc7c(c6)C(C)(C)c6ccccc6-7)cc3C5(C)C)-c3ccc(N(c5ccccc5)c5ccc6c(c5)C(C)(C)c5ccccc5-6)cc3C4(C)C)cc21. The molecule has 0 radical (unpaired) electrons. The summed E-state index contributed by atoms with van der Waals surface area (Å²) in [5, 5.41) is 0. The fourth-order valence-corrected chi connectivity index (χ4v) is 19.6. The lowest BCUT2D eigenvalue weighted by Crippen LogP contribution is -2.22. The van der Waals surface area contributed by atoms with Crippen molar-refractivity contribution in [3.8, 4) is 66.8 Å². The summed E-state index contributed by atoms with van der Waals surface area (Å²) in [6.45, 7) is 29.5. The third-order valence-electron chi connectivity index (χ3n) is 24.5. The Morgan fingerprint density at radius 1 is 0.162 bits per heavy atom. The van der Waals surface area contributed by atoms with E-state index in [-0.39, 0.29) is 16.2 Å². The molecule has 19 rings (SSSR count). The summed E-state index contributed by atoms with van der Waals surface area (Å²) in [4.78, 5) is 7.52. The normalized spacial score (nSPS) is 16.4. The van der Waals surface area contributed by atoms with Gasteiger partial charge in [0, 0.05) is 83.7 Å². The Morgan fingerprint density at radius 2 is 0.354 bits per heavy atom. The van der Waals surface area contributed by atoms with Crippen molar-refractivity contribution < 1.29 is 0 Å². The van der Waals surface area contributed by atoms with Gasteiger partial charge in [0.1, 0.15) is 0 Å². The molecule has 0 heterocycles. The third-order valence-corrected chi connectivity index (χ3v) is 24.5. The lowest BCUT2D eigenvalue weighted by Gasteiger charge is -2.32. The van der Waals surface area contributed by atoms with Crippen LogP contribution in [-0.2, 0) is 32.5 Å². The quantitative estimate of drug-likeness (QED) is 0.143. The van der Waals surface area contributed by atoms with Gasteiger partial charge in [-0.2, -0.15) is 0 Å². The van der Waals surface area contributed by atoms with Gasteiger partial charge in [-0.15, -0.1) is 0 Å². The maximum absolute atomic E-state index is 2.56. The van der Waals surface area contributed by atoms with Crippen LogP contribution in [0.1, 0.15) is 150 Å². The van der Waals surface area contributed by atoms with Crippen molar-refractivity contribution in [2.75, 3.05) is 14.7 Å². The van der Waals surface area contributed by atoms with E-state index in [0.717, 1.165) is 51.2 Å². The first-order valence-electron chi connectivity index (χ1n) is 35.7. The van der Waals surface area contributed by atoms with E-state index in [1.54, 1.807) is 0 Å². The van der Waals surface area contributed by atoms with Crippen molar-refractivity contribution in [3.05, 3.63) is 340 Å². The van der Waals surface area contributed by atoms with Gasteiger partial charge in [0.2, 0.25) is 0 Å². The zero-order valence-electron chi connectivity index (χ0n) is 58.8. The number of benzene rings is 13. The average molecular weight is 1280 g/mol. The van der Waals surface area contributed by atoms with Crippen molar-refractivity contribution in [1.29, 1.82) is 0 Å². The van der Waals surface area contributed by atoms with Crippen molar-refractivity contribution >= 4 is 51.2 Å². The molecule has 0 amide bonds. The largest absolute Gasteiger partial charge is 0.310 e. The standard InChI is InChI=1S/C96H81N3/c1-91(2)76-37-25-22-34-67(76)70-46-40-61(52-79(70)91)97(58-28-16-13-17-29-58)64-43-49-73-82(55-64)94(7,8)88-85(73)89-87(75-51-45-66(57-84(75)95(89,9)10)99(60-32-20-15-21-33-60)63-42-48-72-69-36-24-27-39-78(69)93(5,6)81(72)54-63)90-86(88)74-50-44-65(56-83(74)96(90,11)12)98(59-30-18-14-19-31-59)62-41-47-71-68-35-23-26-38-77(68)92(3,4)80(71)53-62/h13-57H,1-12H3. The predicted molar refractivity (Wildman–Crippen MR) is 416 cm³/mol. The minimum Gasteiger partial charge on any atom is -0.310 e. The first-order valence-corrected chi connectivity index (χ1v) is 35.7. The third kappa shape index (κ3) is 8.08. The van der Waals surface area contributed by atoms with Crippen molar-refractivity contribution in [1.82, 2.24) is 0 Å². The highest BCUT2D eigenvalue weighted by atomic mass is 15.2. The first-order chi connectivity index (χ1) is 47.7. The Kier molecular flexibility index (Phi) is 12.3. The zero-order valence-corrected chi connectivity index (χ0v) is 58.8. The molecule has 3 heteroatoms. The Labute approximate surface area is 584 Å². The Bertz CT molecular complexity index is 5050. The molecule has 0 saturated heterocycles. The van der Waals surface area contributed by atoms with Gasteiger partial charge < -0.3 is 14.7 Å². The number of fused-ring (bicyclic) bond motifs is 21. The van der Waals surface area contributed by atoms with E-state index >= 15 is 0 Å². The molecule has 99 heavy (non-hydrogen) atoms. The summed E-state index contributed by atoms with van der Waals surface area (Å²) in [6.07, 6.45) is 0. The van der Waals surface area contributed by atoms with E-state index in [4.69, 9.17) is 0 Å². The second-order valence-corrected chi connectivity index (χ2v) is 32.0. The van der Waals surface area contributed by atoms with E-state index in [2.05, 4.69) is 371 Å². The monoisotopic (exact) mass is 1280 g/mol. The minimum atomic E-state index is -0.425. The highest BCUT2D eigenvalue weighted by Crippen LogP contribution is 2.69. The molecule has 0 bridgehead atoms. The average Bonchev–Trinajstić information content (AvgIpc) is 1.49. The predicted octanol–water partition coefficient (Wildman–Crippen LogP) is 25.9.